The van der Waals surface area contributed by atoms with E-state index in [0.29, 0.717) is 5.56 Å². The minimum Gasteiger partial charge on any atom is -0.466 e. The van der Waals surface area contributed by atoms with Gasteiger partial charge >= 0.3 is 5.97 Å². The third-order valence-electron chi connectivity index (χ3n) is 2.32. The molecule has 0 aliphatic heterocycles. The number of aryl methyl sites for hydroxylation is 1. The van der Waals surface area contributed by atoms with Crippen LogP contribution in [0, 0.1) is 12.7 Å². The lowest BCUT2D eigenvalue weighted by molar-refractivity contribution is -0.146. The topological polar surface area (TPSA) is 55.4 Å². The lowest BCUT2D eigenvalue weighted by Gasteiger charge is -2.06. The van der Waals surface area contributed by atoms with Gasteiger partial charge in [0.2, 0.25) is 5.91 Å². The van der Waals surface area contributed by atoms with Gasteiger partial charge in [-0.2, -0.15) is 0 Å². The van der Waals surface area contributed by atoms with Crippen LogP contribution in [-0.4, -0.2) is 18.5 Å². The molecule has 0 bridgehead atoms. The molecule has 98 valence electrons. The predicted octanol–water partition coefficient (Wildman–Crippen LogP) is 1.70. The molecule has 0 aromatic heterocycles. The van der Waals surface area contributed by atoms with Crippen molar-refractivity contribution in [1.29, 1.82) is 0 Å². The van der Waals surface area contributed by atoms with Gasteiger partial charge in [0.25, 0.3) is 0 Å². The molecular weight excluding hydrogens is 237 g/mol. The zero-order chi connectivity index (χ0) is 13.5. The van der Waals surface area contributed by atoms with E-state index in [2.05, 4.69) is 10.1 Å². The Balaban J connectivity index is 2.42. The molecule has 0 aliphatic carbocycles. The number of hydrogen-bond acceptors (Lipinski definition) is 3. The Hall–Kier alpha value is -1.91. The summed E-state index contributed by atoms with van der Waals surface area (Å²) in [5.74, 6) is -1.24. The van der Waals surface area contributed by atoms with Gasteiger partial charge in [-0.25, -0.2) is 4.39 Å². The number of nitrogens with one attached hydrogen (secondary N) is 1. The molecule has 0 heterocycles. The maximum atomic E-state index is 13.0. The van der Waals surface area contributed by atoms with Crippen LogP contribution in [0.2, 0.25) is 0 Å². The third kappa shape index (κ3) is 4.53. The molecule has 4 nitrogen and oxygen atoms in total. The number of halogens is 1. The predicted molar refractivity (Wildman–Crippen MR) is 64.2 cm³/mol. The monoisotopic (exact) mass is 253 g/mol. The number of ether oxygens (including phenoxy) is 1. The highest BCUT2D eigenvalue weighted by Crippen LogP contribution is 2.08. The summed E-state index contributed by atoms with van der Waals surface area (Å²) < 4.78 is 17.7. The smallest absolute Gasteiger partial charge is 0.315 e. The zero-order valence-electron chi connectivity index (χ0n) is 10.5. The summed E-state index contributed by atoms with van der Waals surface area (Å²) in [5.41, 5.74) is 1.30. The Kier molecular flexibility index (Phi) is 5.30. The average molecular weight is 253 g/mol. The van der Waals surface area contributed by atoms with Crippen molar-refractivity contribution in [2.45, 2.75) is 26.8 Å². The van der Waals surface area contributed by atoms with Gasteiger partial charge in [-0.3, -0.25) is 9.59 Å². The number of amides is 1. The molecule has 0 spiro atoms. The summed E-state index contributed by atoms with van der Waals surface area (Å²) >= 11 is 0. The van der Waals surface area contributed by atoms with Gasteiger partial charge in [-0.1, -0.05) is 12.1 Å². The number of rotatable bonds is 5. The van der Waals surface area contributed by atoms with Gasteiger partial charge < -0.3 is 10.1 Å². The van der Waals surface area contributed by atoms with Crippen molar-refractivity contribution in [3.05, 3.63) is 35.1 Å². The molecule has 1 rings (SSSR count). The Labute approximate surface area is 105 Å². The molecule has 1 aromatic rings. The summed E-state index contributed by atoms with van der Waals surface area (Å²) in [6.45, 7) is 3.85. The van der Waals surface area contributed by atoms with E-state index in [0.717, 1.165) is 5.56 Å². The number of benzene rings is 1. The van der Waals surface area contributed by atoms with Crippen molar-refractivity contribution < 1.29 is 18.7 Å². The fraction of sp³-hybridized carbons (Fsp3) is 0.385. The van der Waals surface area contributed by atoms with E-state index in [1.165, 1.54) is 6.07 Å². The van der Waals surface area contributed by atoms with Crippen LogP contribution in [-0.2, 0) is 20.9 Å². The minimum atomic E-state index is -0.551. The third-order valence-corrected chi connectivity index (χ3v) is 2.32. The quantitative estimate of drug-likeness (QED) is 0.642. The van der Waals surface area contributed by atoms with E-state index in [9.17, 15) is 14.0 Å². The van der Waals surface area contributed by atoms with Crippen molar-refractivity contribution in [1.82, 2.24) is 5.32 Å². The first-order chi connectivity index (χ1) is 8.52. The highest BCUT2D eigenvalue weighted by molar-refractivity contribution is 5.94. The van der Waals surface area contributed by atoms with E-state index in [4.69, 9.17) is 0 Å². The molecule has 5 heteroatoms. The second kappa shape index (κ2) is 6.74. The van der Waals surface area contributed by atoms with Gasteiger partial charge in [0.05, 0.1) is 6.61 Å². The first-order valence-electron chi connectivity index (χ1n) is 5.70. The molecule has 0 aliphatic rings. The Morgan fingerprint density at radius 1 is 1.39 bits per heavy atom. The summed E-state index contributed by atoms with van der Waals surface area (Å²) in [6.07, 6.45) is -0.298. The summed E-state index contributed by atoms with van der Waals surface area (Å²) in [6, 6.07) is 4.59. The molecule has 1 aromatic carbocycles. The molecule has 0 saturated heterocycles. The zero-order valence-corrected chi connectivity index (χ0v) is 10.5. The van der Waals surface area contributed by atoms with E-state index in [1.807, 2.05) is 0 Å². The maximum Gasteiger partial charge on any atom is 0.315 e. The van der Waals surface area contributed by atoms with E-state index < -0.39 is 11.9 Å². The van der Waals surface area contributed by atoms with Gasteiger partial charge in [0.15, 0.2) is 0 Å². The van der Waals surface area contributed by atoms with Gasteiger partial charge in [0, 0.05) is 6.54 Å². The van der Waals surface area contributed by atoms with Crippen LogP contribution in [0.25, 0.3) is 0 Å². The number of esters is 1. The lowest BCUT2D eigenvalue weighted by Crippen LogP contribution is -2.26. The molecule has 18 heavy (non-hydrogen) atoms. The van der Waals surface area contributed by atoms with Crippen molar-refractivity contribution in [3.63, 3.8) is 0 Å². The van der Waals surface area contributed by atoms with E-state index in [1.54, 1.807) is 26.0 Å². The van der Waals surface area contributed by atoms with Crippen LogP contribution in [0.1, 0.15) is 24.5 Å². The maximum absolute atomic E-state index is 13.0. The largest absolute Gasteiger partial charge is 0.466 e. The van der Waals surface area contributed by atoms with Crippen LogP contribution < -0.4 is 5.32 Å². The van der Waals surface area contributed by atoms with Gasteiger partial charge in [-0.05, 0) is 31.0 Å². The fourth-order valence-electron chi connectivity index (χ4n) is 1.42. The van der Waals surface area contributed by atoms with Crippen LogP contribution in [0.15, 0.2) is 18.2 Å². The Morgan fingerprint density at radius 3 is 2.72 bits per heavy atom. The Bertz CT molecular complexity index is 446. The van der Waals surface area contributed by atoms with Crippen molar-refractivity contribution >= 4 is 11.9 Å². The van der Waals surface area contributed by atoms with Crippen molar-refractivity contribution in [3.8, 4) is 0 Å². The van der Waals surface area contributed by atoms with Crippen molar-refractivity contribution in [2.75, 3.05) is 6.61 Å². The van der Waals surface area contributed by atoms with Crippen molar-refractivity contribution in [2.24, 2.45) is 0 Å². The van der Waals surface area contributed by atoms with Gasteiger partial charge in [-0.15, -0.1) is 0 Å². The second-order valence-corrected chi connectivity index (χ2v) is 3.84. The minimum absolute atomic E-state index is 0.253. The lowest BCUT2D eigenvalue weighted by atomic mass is 10.1. The molecule has 0 atom stereocenters. The summed E-state index contributed by atoms with van der Waals surface area (Å²) in [4.78, 5) is 22.4. The summed E-state index contributed by atoms with van der Waals surface area (Å²) in [7, 11) is 0. The highest BCUT2D eigenvalue weighted by Gasteiger charge is 2.09. The van der Waals surface area contributed by atoms with Crippen LogP contribution in [0.4, 0.5) is 4.39 Å². The first kappa shape index (κ1) is 14.2. The van der Waals surface area contributed by atoms with E-state index >= 15 is 0 Å². The molecule has 0 unspecified atom stereocenters. The summed E-state index contributed by atoms with van der Waals surface area (Å²) in [5, 5.41) is 2.57. The normalized spacial score (nSPS) is 9.94. The molecule has 1 N–H and O–H groups in total. The van der Waals surface area contributed by atoms with Crippen LogP contribution in [0.5, 0.6) is 0 Å². The molecule has 1 amide bonds. The Morgan fingerprint density at radius 2 is 2.11 bits per heavy atom. The number of carbonyl (C=O) groups excluding carboxylic acids is 2. The molecule has 0 saturated carbocycles. The SMILES string of the molecule is CCOC(=O)CC(=O)NCc1ccc(F)c(C)c1. The number of carbonyl (C=O) groups is 2. The molecule has 0 radical (unpaired) electrons. The molecule has 0 fully saturated rings. The fourth-order valence-corrected chi connectivity index (χ4v) is 1.42. The van der Waals surface area contributed by atoms with Gasteiger partial charge in [0.1, 0.15) is 12.2 Å². The highest BCUT2D eigenvalue weighted by atomic mass is 19.1. The van der Waals surface area contributed by atoms with E-state index in [-0.39, 0.29) is 25.4 Å². The standard InChI is InChI=1S/C13H16FNO3/c1-3-18-13(17)7-12(16)15-8-10-4-5-11(14)9(2)6-10/h4-6H,3,7-8H2,1-2H3,(H,15,16). The second-order valence-electron chi connectivity index (χ2n) is 3.84. The van der Waals surface area contributed by atoms with Crippen LogP contribution >= 0.6 is 0 Å². The number of hydrogen-bond donors (Lipinski definition) is 1. The average Bonchev–Trinajstić information content (AvgIpc) is 2.31. The molecular formula is C13H16FNO3. The first-order valence-corrected chi connectivity index (χ1v) is 5.70. The van der Waals surface area contributed by atoms with Crippen LogP contribution in [0.3, 0.4) is 0 Å².